The van der Waals surface area contributed by atoms with Crippen molar-refractivity contribution in [2.75, 3.05) is 16.0 Å². The van der Waals surface area contributed by atoms with E-state index in [-0.39, 0.29) is 17.2 Å². The van der Waals surface area contributed by atoms with Gasteiger partial charge in [0.25, 0.3) is 0 Å². The van der Waals surface area contributed by atoms with Crippen molar-refractivity contribution in [3.05, 3.63) is 59.7 Å². The van der Waals surface area contributed by atoms with Gasteiger partial charge in [0.05, 0.1) is 5.75 Å². The Bertz CT molecular complexity index is 758. The molecule has 5 heteroatoms. The third kappa shape index (κ3) is 3.46. The quantitative estimate of drug-likeness (QED) is 0.916. The minimum Gasteiger partial charge on any atom is -0.326 e. The smallest absolute Gasteiger partial charge is 0.238 e. The van der Waals surface area contributed by atoms with Gasteiger partial charge in [-0.05, 0) is 41.8 Å². The van der Waals surface area contributed by atoms with E-state index >= 15 is 0 Å². The Morgan fingerprint density at radius 3 is 2.67 bits per heavy atom. The van der Waals surface area contributed by atoms with Crippen molar-refractivity contribution in [3.8, 4) is 0 Å². The lowest BCUT2D eigenvalue weighted by Gasteiger charge is -2.25. The molecule has 2 amide bonds. The number of amides is 2. The molecule has 2 aromatic rings. The number of hydrogen-bond donors (Lipinski definition) is 1. The average molecular weight is 340 g/mol. The van der Waals surface area contributed by atoms with Gasteiger partial charge in [-0.25, -0.2) is 0 Å². The molecule has 2 aromatic carbocycles. The fraction of sp³-hybridized carbons (Fsp3) is 0.263. The molecule has 0 aromatic heterocycles. The molecule has 3 rings (SSSR count). The zero-order chi connectivity index (χ0) is 17.1. The largest absolute Gasteiger partial charge is 0.326 e. The Morgan fingerprint density at radius 1 is 1.25 bits per heavy atom. The number of carbonyl (C=O) groups is 2. The Balaban J connectivity index is 1.91. The topological polar surface area (TPSA) is 49.4 Å². The lowest BCUT2D eigenvalue weighted by atomic mass is 10.1. The number of aryl methyl sites for hydroxylation is 1. The molecule has 1 saturated heterocycles. The molecule has 0 unspecified atom stereocenters. The van der Waals surface area contributed by atoms with Crippen molar-refractivity contribution in [2.24, 2.45) is 0 Å². The van der Waals surface area contributed by atoms with Gasteiger partial charge in [-0.1, -0.05) is 31.2 Å². The van der Waals surface area contributed by atoms with E-state index in [4.69, 9.17) is 0 Å². The molecule has 1 fully saturated rings. The van der Waals surface area contributed by atoms with Crippen molar-refractivity contribution >= 4 is 35.0 Å². The van der Waals surface area contributed by atoms with E-state index in [2.05, 4.69) is 24.4 Å². The molecule has 124 valence electrons. The van der Waals surface area contributed by atoms with E-state index in [1.54, 1.807) is 11.8 Å². The lowest BCUT2D eigenvalue weighted by molar-refractivity contribution is -0.116. The molecule has 0 saturated carbocycles. The van der Waals surface area contributed by atoms with Crippen molar-refractivity contribution in [2.45, 2.75) is 25.6 Å². The molecule has 1 aliphatic rings. The maximum atomic E-state index is 12.4. The monoisotopic (exact) mass is 340 g/mol. The number of hydrogen-bond acceptors (Lipinski definition) is 3. The van der Waals surface area contributed by atoms with Gasteiger partial charge in [0.2, 0.25) is 11.8 Å². The second-order valence-corrected chi connectivity index (χ2v) is 6.82. The van der Waals surface area contributed by atoms with Crippen LogP contribution in [0.3, 0.4) is 0 Å². The third-order valence-electron chi connectivity index (χ3n) is 3.98. The summed E-state index contributed by atoms with van der Waals surface area (Å²) in [6.45, 7) is 3.60. The summed E-state index contributed by atoms with van der Waals surface area (Å²) in [5.41, 5.74) is 3.93. The van der Waals surface area contributed by atoms with Crippen LogP contribution in [0.25, 0.3) is 0 Å². The van der Waals surface area contributed by atoms with Crippen molar-refractivity contribution in [3.63, 3.8) is 0 Å². The fourth-order valence-electron chi connectivity index (χ4n) is 2.82. The van der Waals surface area contributed by atoms with Gasteiger partial charge in [-0.3, -0.25) is 14.5 Å². The molecule has 1 heterocycles. The molecule has 0 radical (unpaired) electrons. The van der Waals surface area contributed by atoms with Gasteiger partial charge >= 0.3 is 0 Å². The summed E-state index contributed by atoms with van der Waals surface area (Å²) >= 11 is 1.61. The van der Waals surface area contributed by atoms with Crippen LogP contribution < -0.4 is 10.2 Å². The van der Waals surface area contributed by atoms with Crippen molar-refractivity contribution in [1.82, 2.24) is 0 Å². The predicted octanol–water partition coefficient (Wildman–Crippen LogP) is 3.99. The summed E-state index contributed by atoms with van der Waals surface area (Å²) in [5.74, 6) is 0.471. The van der Waals surface area contributed by atoms with E-state index in [1.165, 1.54) is 12.5 Å². The third-order valence-corrected chi connectivity index (χ3v) is 5.20. The molecule has 4 nitrogen and oxygen atoms in total. The highest BCUT2D eigenvalue weighted by atomic mass is 32.2. The predicted molar refractivity (Wildman–Crippen MR) is 99.3 cm³/mol. The van der Waals surface area contributed by atoms with Crippen LogP contribution in [0.15, 0.2) is 48.5 Å². The van der Waals surface area contributed by atoms with E-state index < -0.39 is 0 Å². The van der Waals surface area contributed by atoms with Crippen molar-refractivity contribution < 1.29 is 9.59 Å². The first-order valence-electron chi connectivity index (χ1n) is 7.98. The maximum absolute atomic E-state index is 12.4. The minimum absolute atomic E-state index is 0.0707. The van der Waals surface area contributed by atoms with E-state index in [0.29, 0.717) is 5.75 Å². The summed E-state index contributed by atoms with van der Waals surface area (Å²) in [4.78, 5) is 25.5. The molecule has 24 heavy (non-hydrogen) atoms. The Morgan fingerprint density at radius 2 is 2.00 bits per heavy atom. The lowest BCUT2D eigenvalue weighted by Crippen LogP contribution is -2.27. The molecule has 0 aliphatic carbocycles. The summed E-state index contributed by atoms with van der Waals surface area (Å²) in [6, 6.07) is 15.8. The second-order valence-electron chi connectivity index (χ2n) is 5.75. The number of thioether (sulfide) groups is 1. The number of anilines is 2. The Hall–Kier alpha value is -2.27. The molecule has 0 bridgehead atoms. The standard InChI is InChI=1S/C19H20N2O2S/c1-3-14-7-9-17(10-8-14)21-18(23)12-24-19(21)15-5-4-6-16(11-15)20-13(2)22/h4-11,19H,3,12H2,1-2H3,(H,20,22)/t19-/m1/s1. The number of rotatable bonds is 4. The summed E-state index contributed by atoms with van der Waals surface area (Å²) in [7, 11) is 0. The fourth-order valence-corrected chi connectivity index (χ4v) is 3.98. The van der Waals surface area contributed by atoms with Crippen molar-refractivity contribution in [1.29, 1.82) is 0 Å². The molecule has 1 N–H and O–H groups in total. The average Bonchev–Trinajstić information content (AvgIpc) is 2.96. The normalized spacial score (nSPS) is 17.2. The number of carbonyl (C=O) groups excluding carboxylic acids is 2. The first-order chi connectivity index (χ1) is 11.6. The Labute approximate surface area is 146 Å². The van der Waals surface area contributed by atoms with Crippen LogP contribution in [0.5, 0.6) is 0 Å². The van der Waals surface area contributed by atoms with Gasteiger partial charge in [-0.15, -0.1) is 11.8 Å². The molecule has 1 atom stereocenters. The molecular formula is C19H20N2O2S. The molecular weight excluding hydrogens is 320 g/mol. The van der Waals surface area contributed by atoms with Crippen LogP contribution in [0, 0.1) is 0 Å². The molecule has 0 spiro atoms. The van der Waals surface area contributed by atoms with Crippen LogP contribution >= 0.6 is 11.8 Å². The van der Waals surface area contributed by atoms with Gasteiger partial charge in [0.15, 0.2) is 0 Å². The van der Waals surface area contributed by atoms with Crippen LogP contribution in [-0.2, 0) is 16.0 Å². The highest BCUT2D eigenvalue weighted by molar-refractivity contribution is 8.00. The summed E-state index contributed by atoms with van der Waals surface area (Å²) < 4.78 is 0. The van der Waals surface area contributed by atoms with Gasteiger partial charge < -0.3 is 5.32 Å². The highest BCUT2D eigenvalue weighted by Crippen LogP contribution is 2.42. The Kier molecular flexibility index (Phi) is 4.90. The van der Waals surface area contributed by atoms with Crippen LogP contribution in [0.2, 0.25) is 0 Å². The first kappa shape index (κ1) is 16.6. The van der Waals surface area contributed by atoms with Crippen LogP contribution in [0.1, 0.15) is 30.3 Å². The second kappa shape index (κ2) is 7.09. The van der Waals surface area contributed by atoms with E-state index in [1.807, 2.05) is 41.3 Å². The number of nitrogens with zero attached hydrogens (tertiary/aromatic N) is 1. The summed E-state index contributed by atoms with van der Waals surface area (Å²) in [6.07, 6.45) is 0.977. The van der Waals surface area contributed by atoms with E-state index in [9.17, 15) is 9.59 Å². The number of benzene rings is 2. The highest BCUT2D eigenvalue weighted by Gasteiger charge is 2.34. The van der Waals surface area contributed by atoms with Crippen LogP contribution in [0.4, 0.5) is 11.4 Å². The minimum atomic E-state index is -0.102. The van der Waals surface area contributed by atoms with Gasteiger partial charge in [0.1, 0.15) is 5.37 Å². The summed E-state index contributed by atoms with van der Waals surface area (Å²) in [5, 5.41) is 2.73. The maximum Gasteiger partial charge on any atom is 0.238 e. The number of nitrogens with one attached hydrogen (secondary N) is 1. The van der Waals surface area contributed by atoms with E-state index in [0.717, 1.165) is 23.4 Å². The zero-order valence-electron chi connectivity index (χ0n) is 13.8. The molecule has 1 aliphatic heterocycles. The van der Waals surface area contributed by atoms with Crippen LogP contribution in [-0.4, -0.2) is 17.6 Å². The SMILES string of the molecule is CCc1ccc(N2C(=O)CS[C@@H]2c2cccc(NC(C)=O)c2)cc1. The first-order valence-corrected chi connectivity index (χ1v) is 9.03. The van der Waals surface area contributed by atoms with Gasteiger partial charge in [0, 0.05) is 18.3 Å². The van der Waals surface area contributed by atoms with Gasteiger partial charge in [-0.2, -0.15) is 0 Å². The zero-order valence-corrected chi connectivity index (χ0v) is 14.6.